The smallest absolute Gasteiger partial charge is 0.283 e. The molecule has 2 heterocycles. The van der Waals surface area contributed by atoms with E-state index >= 15 is 0 Å². The summed E-state index contributed by atoms with van der Waals surface area (Å²) in [6.07, 6.45) is 2.75. The SMILES string of the molecule is CCc1c(F)ccc(Cc2c(C(=O)N(C)OC)c(F)nn2C2CCCCO2)c1Br. The average Bonchev–Trinajstić information content (AvgIpc) is 3.05. The van der Waals surface area contributed by atoms with Crippen molar-refractivity contribution < 1.29 is 23.1 Å². The van der Waals surface area contributed by atoms with Crippen LogP contribution in [0.1, 0.15) is 59.6 Å². The molecule has 1 saturated heterocycles. The number of hydrogen-bond acceptors (Lipinski definition) is 4. The highest BCUT2D eigenvalue weighted by Gasteiger charge is 2.31. The Balaban J connectivity index is 2.11. The van der Waals surface area contributed by atoms with E-state index < -0.39 is 18.1 Å². The number of ether oxygens (including phenoxy) is 1. The lowest BCUT2D eigenvalue weighted by Gasteiger charge is -2.25. The van der Waals surface area contributed by atoms with Gasteiger partial charge in [0.25, 0.3) is 5.91 Å². The number of halogens is 3. The van der Waals surface area contributed by atoms with E-state index in [1.165, 1.54) is 24.9 Å². The van der Waals surface area contributed by atoms with Crippen molar-refractivity contribution in [2.75, 3.05) is 20.8 Å². The Kier molecular flexibility index (Phi) is 7.02. The van der Waals surface area contributed by atoms with Crippen molar-refractivity contribution >= 4 is 21.8 Å². The summed E-state index contributed by atoms with van der Waals surface area (Å²) in [6, 6.07) is 3.01. The number of hydroxylamine groups is 2. The highest BCUT2D eigenvalue weighted by molar-refractivity contribution is 9.10. The highest BCUT2D eigenvalue weighted by atomic mass is 79.9. The molecule has 6 nitrogen and oxygen atoms in total. The van der Waals surface area contributed by atoms with Gasteiger partial charge in [0.2, 0.25) is 5.95 Å². The third kappa shape index (κ3) is 4.36. The first-order chi connectivity index (χ1) is 13.9. The summed E-state index contributed by atoms with van der Waals surface area (Å²) in [5.41, 5.74) is 1.47. The number of amides is 1. The van der Waals surface area contributed by atoms with Gasteiger partial charge in [-0.1, -0.05) is 28.9 Å². The normalized spacial score (nSPS) is 16.8. The van der Waals surface area contributed by atoms with Crippen molar-refractivity contribution in [3.05, 3.63) is 50.8 Å². The van der Waals surface area contributed by atoms with Gasteiger partial charge in [0, 0.05) is 30.1 Å². The van der Waals surface area contributed by atoms with Gasteiger partial charge in [-0.25, -0.2) is 14.1 Å². The zero-order valence-corrected chi connectivity index (χ0v) is 18.3. The molecule has 1 atom stereocenters. The Bertz CT molecular complexity index is 898. The van der Waals surface area contributed by atoms with Crippen molar-refractivity contribution in [3.63, 3.8) is 0 Å². The highest BCUT2D eigenvalue weighted by Crippen LogP contribution is 2.32. The van der Waals surface area contributed by atoms with Gasteiger partial charge in [0.05, 0.1) is 12.8 Å². The maximum Gasteiger partial charge on any atom is 0.283 e. The Morgan fingerprint density at radius 2 is 2.17 bits per heavy atom. The summed E-state index contributed by atoms with van der Waals surface area (Å²) in [5, 5.41) is 4.94. The molecule has 9 heteroatoms. The molecule has 0 aliphatic carbocycles. The molecule has 29 heavy (non-hydrogen) atoms. The number of carbonyl (C=O) groups is 1. The quantitative estimate of drug-likeness (QED) is 0.585. The first-order valence-electron chi connectivity index (χ1n) is 9.55. The van der Waals surface area contributed by atoms with Crippen LogP contribution >= 0.6 is 15.9 Å². The van der Waals surface area contributed by atoms with Crippen LogP contribution in [0.5, 0.6) is 0 Å². The van der Waals surface area contributed by atoms with Gasteiger partial charge in [0.15, 0.2) is 6.23 Å². The van der Waals surface area contributed by atoms with Crippen molar-refractivity contribution in [3.8, 4) is 0 Å². The molecule has 1 aromatic carbocycles. The number of aromatic nitrogens is 2. The van der Waals surface area contributed by atoms with E-state index in [4.69, 9.17) is 9.57 Å². The lowest BCUT2D eigenvalue weighted by molar-refractivity contribution is -0.0760. The van der Waals surface area contributed by atoms with Gasteiger partial charge >= 0.3 is 0 Å². The topological polar surface area (TPSA) is 56.6 Å². The van der Waals surface area contributed by atoms with E-state index in [1.54, 1.807) is 6.07 Å². The molecule has 1 aliphatic heterocycles. The minimum Gasteiger partial charge on any atom is -0.357 e. The number of carbonyl (C=O) groups excluding carboxylic acids is 1. The first-order valence-corrected chi connectivity index (χ1v) is 10.3. The van der Waals surface area contributed by atoms with E-state index in [0.29, 0.717) is 35.2 Å². The summed E-state index contributed by atoms with van der Waals surface area (Å²) in [5.74, 6) is -1.83. The monoisotopic (exact) mass is 471 g/mol. The second-order valence-corrected chi connectivity index (χ2v) is 7.69. The van der Waals surface area contributed by atoms with Gasteiger partial charge in [0.1, 0.15) is 11.4 Å². The molecule has 1 fully saturated rings. The molecule has 158 valence electrons. The summed E-state index contributed by atoms with van der Waals surface area (Å²) >= 11 is 3.47. The fraction of sp³-hybridized carbons (Fsp3) is 0.500. The molecule has 1 unspecified atom stereocenters. The molecule has 1 amide bonds. The standard InChI is InChI=1S/C20H24BrF2N3O3/c1-4-13-14(22)9-8-12(18(13)21)11-15-17(20(27)25(2)28-3)19(23)24-26(15)16-7-5-6-10-29-16/h8-9,16H,4-7,10-11H2,1-3H3. The molecule has 2 aromatic rings. The summed E-state index contributed by atoms with van der Waals surface area (Å²) in [7, 11) is 2.73. The fourth-order valence-electron chi connectivity index (χ4n) is 3.50. The molecule has 0 spiro atoms. The third-order valence-corrected chi connectivity index (χ3v) is 6.13. The number of hydrogen-bond donors (Lipinski definition) is 0. The van der Waals surface area contributed by atoms with Crippen LogP contribution in [0.4, 0.5) is 8.78 Å². The van der Waals surface area contributed by atoms with Crippen LogP contribution in [0.25, 0.3) is 0 Å². The van der Waals surface area contributed by atoms with Crippen LogP contribution in [0, 0.1) is 11.8 Å². The lowest BCUT2D eigenvalue weighted by atomic mass is 10.0. The van der Waals surface area contributed by atoms with Crippen LogP contribution in [-0.2, 0) is 22.4 Å². The van der Waals surface area contributed by atoms with Crippen LogP contribution in [0.2, 0.25) is 0 Å². The molecule has 0 radical (unpaired) electrons. The largest absolute Gasteiger partial charge is 0.357 e. The molecule has 3 rings (SSSR count). The molecule has 0 bridgehead atoms. The summed E-state index contributed by atoms with van der Waals surface area (Å²) in [4.78, 5) is 17.7. The maximum atomic E-state index is 14.8. The second-order valence-electron chi connectivity index (χ2n) is 6.89. The van der Waals surface area contributed by atoms with Crippen molar-refractivity contribution in [2.24, 2.45) is 0 Å². The minimum absolute atomic E-state index is 0.169. The van der Waals surface area contributed by atoms with Gasteiger partial charge < -0.3 is 4.74 Å². The Labute approximate surface area is 176 Å². The molecule has 1 aliphatic rings. The summed E-state index contributed by atoms with van der Waals surface area (Å²) in [6.45, 7) is 2.41. The third-order valence-electron chi connectivity index (χ3n) is 5.15. The number of rotatable bonds is 6. The average molecular weight is 472 g/mol. The van der Waals surface area contributed by atoms with Crippen molar-refractivity contribution in [1.29, 1.82) is 0 Å². The Morgan fingerprint density at radius 3 is 2.79 bits per heavy atom. The molecule has 0 saturated carbocycles. The van der Waals surface area contributed by atoms with E-state index in [1.807, 2.05) is 6.92 Å². The van der Waals surface area contributed by atoms with Gasteiger partial charge in [-0.15, -0.1) is 5.10 Å². The Morgan fingerprint density at radius 1 is 1.41 bits per heavy atom. The van der Waals surface area contributed by atoms with E-state index in [9.17, 15) is 13.6 Å². The van der Waals surface area contributed by atoms with E-state index in [0.717, 1.165) is 23.5 Å². The molecular formula is C20H24BrF2N3O3. The van der Waals surface area contributed by atoms with Crippen LogP contribution in [0.3, 0.4) is 0 Å². The van der Waals surface area contributed by atoms with Gasteiger partial charge in [-0.3, -0.25) is 9.63 Å². The van der Waals surface area contributed by atoms with E-state index in [-0.39, 0.29) is 17.8 Å². The predicted molar refractivity (Wildman–Crippen MR) is 106 cm³/mol. The van der Waals surface area contributed by atoms with Gasteiger partial charge in [-0.2, -0.15) is 4.39 Å². The van der Waals surface area contributed by atoms with Crippen molar-refractivity contribution in [1.82, 2.24) is 14.8 Å². The molecule has 1 aromatic heterocycles. The summed E-state index contributed by atoms with van der Waals surface area (Å²) < 4.78 is 36.8. The predicted octanol–water partition coefficient (Wildman–Crippen LogP) is 4.41. The van der Waals surface area contributed by atoms with Crippen molar-refractivity contribution in [2.45, 2.75) is 45.3 Å². The fourth-order valence-corrected chi connectivity index (χ4v) is 4.24. The van der Waals surface area contributed by atoms with E-state index in [2.05, 4.69) is 21.0 Å². The first kappa shape index (κ1) is 21.9. The zero-order chi connectivity index (χ0) is 21.1. The van der Waals surface area contributed by atoms with Crippen LogP contribution < -0.4 is 0 Å². The molecule has 0 N–H and O–H groups in total. The Hall–Kier alpha value is -1.84. The van der Waals surface area contributed by atoms with Gasteiger partial charge in [-0.05, 0) is 37.3 Å². The zero-order valence-electron chi connectivity index (χ0n) is 16.7. The maximum absolute atomic E-state index is 14.8. The van der Waals surface area contributed by atoms with Crippen LogP contribution in [-0.4, -0.2) is 41.5 Å². The second kappa shape index (κ2) is 9.32. The van der Waals surface area contributed by atoms with Crippen LogP contribution in [0.15, 0.2) is 16.6 Å². The minimum atomic E-state index is -0.878. The lowest BCUT2D eigenvalue weighted by Crippen LogP contribution is -2.28. The molecular weight excluding hydrogens is 448 g/mol. The number of nitrogens with zero attached hydrogens (tertiary/aromatic N) is 3. The number of benzene rings is 1.